The number of nitrogens with zero attached hydrogens (tertiary/aromatic N) is 2. The third-order valence-corrected chi connectivity index (χ3v) is 5.48. The summed E-state index contributed by atoms with van der Waals surface area (Å²) in [6, 6.07) is 10.0. The first-order valence-electron chi connectivity index (χ1n) is 9.34. The third-order valence-electron chi connectivity index (χ3n) is 5.48. The fraction of sp³-hybridized carbons (Fsp3) is 0.429. The van der Waals surface area contributed by atoms with Crippen molar-refractivity contribution in [2.24, 2.45) is 11.8 Å². The molecule has 2 aliphatic heterocycles. The molecule has 142 valence electrons. The Bertz CT molecular complexity index is 786. The van der Waals surface area contributed by atoms with Gasteiger partial charge in [0.2, 0.25) is 0 Å². The average molecular weight is 370 g/mol. The quantitative estimate of drug-likeness (QED) is 0.734. The number of carbonyl (C=O) groups excluding carboxylic acids is 1. The molecule has 0 unspecified atom stereocenters. The largest absolute Gasteiger partial charge is 0.377 e. The number of carbonyl (C=O) groups is 1. The second kappa shape index (κ2) is 8.15. The lowest BCUT2D eigenvalue weighted by Gasteiger charge is -2.20. The van der Waals surface area contributed by atoms with Crippen LogP contribution < -0.4 is 0 Å². The molecule has 2 saturated heterocycles. The van der Waals surface area contributed by atoms with Gasteiger partial charge in [0.15, 0.2) is 0 Å². The molecule has 1 amide bonds. The van der Waals surface area contributed by atoms with E-state index in [4.69, 9.17) is 9.47 Å². The van der Waals surface area contributed by atoms with E-state index in [0.29, 0.717) is 44.7 Å². The first-order valence-corrected chi connectivity index (χ1v) is 9.34. The second-order valence-electron chi connectivity index (χ2n) is 7.18. The van der Waals surface area contributed by atoms with Gasteiger partial charge in [0, 0.05) is 38.0 Å². The Hall–Kier alpha value is -2.31. The van der Waals surface area contributed by atoms with Crippen molar-refractivity contribution in [3.8, 4) is 0 Å². The van der Waals surface area contributed by atoms with Crippen LogP contribution in [0.1, 0.15) is 22.3 Å². The van der Waals surface area contributed by atoms with E-state index in [2.05, 4.69) is 4.98 Å². The van der Waals surface area contributed by atoms with Crippen LogP contribution in [0.5, 0.6) is 0 Å². The molecule has 6 heteroatoms. The Kier molecular flexibility index (Phi) is 5.45. The Labute approximate surface area is 158 Å². The van der Waals surface area contributed by atoms with Crippen LogP contribution in [0, 0.1) is 17.7 Å². The number of halogens is 1. The molecule has 0 radical (unpaired) electrons. The van der Waals surface area contributed by atoms with Gasteiger partial charge in [-0.25, -0.2) is 4.39 Å². The molecule has 3 heterocycles. The lowest BCUT2D eigenvalue weighted by molar-refractivity contribution is 0.0645. The number of amides is 1. The number of fused-ring (bicyclic) bond motifs is 1. The van der Waals surface area contributed by atoms with Crippen molar-refractivity contribution in [2.75, 3.05) is 26.3 Å². The van der Waals surface area contributed by atoms with E-state index in [9.17, 15) is 9.18 Å². The van der Waals surface area contributed by atoms with Crippen LogP contribution in [0.4, 0.5) is 4.39 Å². The summed E-state index contributed by atoms with van der Waals surface area (Å²) in [5.41, 5.74) is 1.24. The normalized spacial score (nSPS) is 24.2. The fourth-order valence-corrected chi connectivity index (χ4v) is 3.97. The molecule has 2 aliphatic rings. The fourth-order valence-electron chi connectivity index (χ4n) is 3.97. The summed E-state index contributed by atoms with van der Waals surface area (Å²) in [6.07, 6.45) is 4.46. The molecule has 1 aromatic heterocycles. The van der Waals surface area contributed by atoms with Crippen molar-refractivity contribution < 1.29 is 18.7 Å². The maximum atomic E-state index is 13.9. The van der Waals surface area contributed by atoms with Crippen molar-refractivity contribution in [3.05, 3.63) is 65.7 Å². The monoisotopic (exact) mass is 370 g/mol. The van der Waals surface area contributed by atoms with Gasteiger partial charge < -0.3 is 14.4 Å². The topological polar surface area (TPSA) is 51.7 Å². The number of hydrogen-bond donors (Lipinski definition) is 0. The van der Waals surface area contributed by atoms with Crippen LogP contribution in [-0.2, 0) is 16.1 Å². The third kappa shape index (κ3) is 4.01. The number of rotatable bonds is 6. The van der Waals surface area contributed by atoms with Gasteiger partial charge in [-0.1, -0.05) is 12.1 Å². The molecule has 0 N–H and O–H groups in total. The predicted molar refractivity (Wildman–Crippen MR) is 97.5 cm³/mol. The SMILES string of the molecule is O=C(c1ccccc1F)N1C[C@H]2[C@@H](CCOCc3ccncc3)CO[C@H]2C1. The summed E-state index contributed by atoms with van der Waals surface area (Å²) in [5.74, 6) is -0.0589. The highest BCUT2D eigenvalue weighted by Crippen LogP contribution is 2.36. The Morgan fingerprint density at radius 1 is 1.22 bits per heavy atom. The van der Waals surface area contributed by atoms with Crippen LogP contribution in [0.25, 0.3) is 0 Å². The number of hydrogen-bond acceptors (Lipinski definition) is 4. The predicted octanol–water partition coefficient (Wildman–Crippen LogP) is 2.91. The minimum Gasteiger partial charge on any atom is -0.377 e. The van der Waals surface area contributed by atoms with Crippen LogP contribution in [-0.4, -0.2) is 48.2 Å². The van der Waals surface area contributed by atoms with E-state index < -0.39 is 5.82 Å². The van der Waals surface area contributed by atoms with E-state index in [1.807, 2.05) is 12.1 Å². The standard InChI is InChI=1S/C21H23FN2O3/c22-19-4-2-1-3-17(19)21(25)24-11-18-16(14-27-20(18)12-24)7-10-26-13-15-5-8-23-9-6-15/h1-6,8-9,16,18,20H,7,10-14H2/t16-,18-,20-/m0/s1. The zero-order valence-corrected chi connectivity index (χ0v) is 15.1. The van der Waals surface area contributed by atoms with Crippen LogP contribution in [0.3, 0.4) is 0 Å². The molecule has 5 nitrogen and oxygen atoms in total. The van der Waals surface area contributed by atoms with Crippen molar-refractivity contribution in [2.45, 2.75) is 19.1 Å². The highest BCUT2D eigenvalue weighted by Gasteiger charge is 2.45. The molecule has 1 aromatic carbocycles. The first kappa shape index (κ1) is 18.1. The Morgan fingerprint density at radius 3 is 2.85 bits per heavy atom. The van der Waals surface area contributed by atoms with Crippen molar-refractivity contribution in [1.29, 1.82) is 0 Å². The molecular formula is C21H23FN2O3. The van der Waals surface area contributed by atoms with Gasteiger partial charge in [-0.2, -0.15) is 0 Å². The number of likely N-dealkylation sites (tertiary alicyclic amines) is 1. The number of ether oxygens (including phenoxy) is 2. The molecule has 0 spiro atoms. The highest BCUT2D eigenvalue weighted by atomic mass is 19.1. The number of benzene rings is 1. The summed E-state index contributed by atoms with van der Waals surface area (Å²) in [6.45, 7) is 3.08. The summed E-state index contributed by atoms with van der Waals surface area (Å²) < 4.78 is 25.6. The zero-order chi connectivity index (χ0) is 18.6. The zero-order valence-electron chi connectivity index (χ0n) is 15.1. The lowest BCUT2D eigenvalue weighted by Crippen LogP contribution is -2.32. The summed E-state index contributed by atoms with van der Waals surface area (Å²) in [5, 5.41) is 0. The van der Waals surface area contributed by atoms with Gasteiger partial charge in [0.25, 0.3) is 5.91 Å². The van der Waals surface area contributed by atoms with Gasteiger partial charge in [0.05, 0.1) is 24.9 Å². The second-order valence-corrected chi connectivity index (χ2v) is 7.18. The van der Waals surface area contributed by atoms with E-state index in [1.54, 1.807) is 29.4 Å². The molecule has 0 saturated carbocycles. The van der Waals surface area contributed by atoms with Crippen molar-refractivity contribution in [1.82, 2.24) is 9.88 Å². The van der Waals surface area contributed by atoms with Gasteiger partial charge in [-0.3, -0.25) is 9.78 Å². The van der Waals surface area contributed by atoms with Crippen LogP contribution in [0.15, 0.2) is 48.8 Å². The molecule has 27 heavy (non-hydrogen) atoms. The van der Waals surface area contributed by atoms with Gasteiger partial charge in [-0.15, -0.1) is 0 Å². The molecular weight excluding hydrogens is 347 g/mol. The minimum atomic E-state index is -0.471. The minimum absolute atomic E-state index is 0.0471. The molecule has 0 aliphatic carbocycles. The van der Waals surface area contributed by atoms with Crippen LogP contribution >= 0.6 is 0 Å². The van der Waals surface area contributed by atoms with Gasteiger partial charge >= 0.3 is 0 Å². The summed E-state index contributed by atoms with van der Waals surface area (Å²) in [4.78, 5) is 18.3. The first-order chi connectivity index (χ1) is 13.2. The molecule has 0 bridgehead atoms. The highest BCUT2D eigenvalue weighted by molar-refractivity contribution is 5.94. The molecule has 2 aromatic rings. The van der Waals surface area contributed by atoms with Crippen molar-refractivity contribution >= 4 is 5.91 Å². The number of aromatic nitrogens is 1. The Balaban J connectivity index is 1.28. The average Bonchev–Trinajstić information content (AvgIpc) is 3.27. The maximum Gasteiger partial charge on any atom is 0.256 e. The van der Waals surface area contributed by atoms with E-state index in [0.717, 1.165) is 12.0 Å². The van der Waals surface area contributed by atoms with E-state index >= 15 is 0 Å². The van der Waals surface area contributed by atoms with Crippen LogP contribution in [0.2, 0.25) is 0 Å². The van der Waals surface area contributed by atoms with Gasteiger partial charge in [0.1, 0.15) is 5.82 Å². The molecule has 4 rings (SSSR count). The Morgan fingerprint density at radius 2 is 2.04 bits per heavy atom. The van der Waals surface area contributed by atoms with Gasteiger partial charge in [-0.05, 0) is 42.2 Å². The lowest BCUT2D eigenvalue weighted by atomic mass is 9.91. The number of pyridine rings is 1. The molecule has 2 fully saturated rings. The van der Waals surface area contributed by atoms with E-state index in [1.165, 1.54) is 12.1 Å². The smallest absolute Gasteiger partial charge is 0.256 e. The summed E-state index contributed by atoms with van der Waals surface area (Å²) >= 11 is 0. The maximum absolute atomic E-state index is 13.9. The van der Waals surface area contributed by atoms with E-state index in [-0.39, 0.29) is 17.6 Å². The van der Waals surface area contributed by atoms with Crippen molar-refractivity contribution in [3.63, 3.8) is 0 Å². The molecule has 3 atom stereocenters. The summed E-state index contributed by atoms with van der Waals surface area (Å²) in [7, 11) is 0.